The van der Waals surface area contributed by atoms with E-state index in [0.717, 1.165) is 0 Å². The van der Waals surface area contributed by atoms with Gasteiger partial charge in [-0.3, -0.25) is 4.98 Å². The van der Waals surface area contributed by atoms with Gasteiger partial charge in [0.15, 0.2) is 6.20 Å². The van der Waals surface area contributed by atoms with Crippen LogP contribution < -0.4 is 4.57 Å². The number of nitrogens with zero attached hydrogens (tertiary/aromatic N) is 2. The summed E-state index contributed by atoms with van der Waals surface area (Å²) in [6.07, 6.45) is 5.81. The van der Waals surface area contributed by atoms with E-state index in [2.05, 4.69) is 59.9 Å². The van der Waals surface area contributed by atoms with Crippen molar-refractivity contribution in [2.45, 2.75) is 6.92 Å². The summed E-state index contributed by atoms with van der Waals surface area (Å²) < 4.78 is 6.30. The fraction of sp³-hybridized carbons (Fsp3) is 0.100. The minimum atomic E-state index is 1.17. The van der Waals surface area contributed by atoms with E-state index in [1.54, 1.807) is 0 Å². The average Bonchev–Trinajstić information content (AvgIpc) is 3.11. The maximum Gasteiger partial charge on any atom is 0.232 e. The number of hydrogen-bond acceptors (Lipinski definition) is 3. The molecule has 5 aromatic rings. The molecular weight excluding hydrogens is 332 g/mol. The Labute approximate surface area is 147 Å². The zero-order chi connectivity index (χ0) is 16.3. The lowest BCUT2D eigenvalue weighted by Gasteiger charge is -2.05. The zero-order valence-electron chi connectivity index (χ0n) is 13.4. The first-order valence-electron chi connectivity index (χ1n) is 7.87. The van der Waals surface area contributed by atoms with Crippen LogP contribution in [0.1, 0.15) is 5.56 Å². The van der Waals surface area contributed by atoms with Gasteiger partial charge in [0.05, 0.1) is 26.7 Å². The smallest absolute Gasteiger partial charge is 0.232 e. The Balaban J connectivity index is 1.96. The van der Waals surface area contributed by atoms with Gasteiger partial charge in [0, 0.05) is 20.9 Å². The molecule has 0 saturated heterocycles. The highest BCUT2D eigenvalue weighted by atomic mass is 32.2. The van der Waals surface area contributed by atoms with Crippen LogP contribution in [-0.2, 0) is 7.05 Å². The van der Waals surface area contributed by atoms with Crippen LogP contribution >= 0.6 is 22.7 Å². The van der Waals surface area contributed by atoms with Crippen molar-refractivity contribution in [2.24, 2.45) is 7.05 Å². The highest BCUT2D eigenvalue weighted by Crippen LogP contribution is 2.47. The molecule has 0 spiro atoms. The number of aromatic nitrogens is 2. The maximum absolute atomic E-state index is 4.35. The van der Waals surface area contributed by atoms with E-state index in [0.29, 0.717) is 0 Å². The lowest BCUT2D eigenvalue weighted by atomic mass is 10.0. The fourth-order valence-corrected chi connectivity index (χ4v) is 6.20. The van der Waals surface area contributed by atoms with Gasteiger partial charge in [0.2, 0.25) is 5.69 Å². The second-order valence-corrected chi connectivity index (χ2v) is 8.40. The van der Waals surface area contributed by atoms with Crippen LogP contribution in [0.2, 0.25) is 0 Å². The molecule has 0 N–H and O–H groups in total. The van der Waals surface area contributed by atoms with Crippen LogP contribution in [-0.4, -0.2) is 4.98 Å². The summed E-state index contributed by atoms with van der Waals surface area (Å²) >= 11 is 3.81. The van der Waals surface area contributed by atoms with Gasteiger partial charge in [-0.05, 0) is 18.6 Å². The summed E-state index contributed by atoms with van der Waals surface area (Å²) in [5.41, 5.74) is 3.77. The molecule has 0 aliphatic rings. The van der Waals surface area contributed by atoms with Gasteiger partial charge in [-0.25, -0.2) is 0 Å². The molecule has 0 bridgehead atoms. The van der Waals surface area contributed by atoms with Crippen molar-refractivity contribution in [3.05, 3.63) is 60.6 Å². The van der Waals surface area contributed by atoms with Crippen molar-refractivity contribution in [1.82, 2.24) is 4.98 Å². The summed E-state index contributed by atoms with van der Waals surface area (Å²) in [6, 6.07) is 13.2. The highest BCUT2D eigenvalue weighted by molar-refractivity contribution is 7.44. The monoisotopic (exact) mass is 347 g/mol. The molecule has 3 heterocycles. The number of fused-ring (bicyclic) bond motifs is 5. The Bertz CT molecular complexity index is 1230. The van der Waals surface area contributed by atoms with E-state index in [1.165, 1.54) is 46.4 Å². The Morgan fingerprint density at radius 2 is 1.88 bits per heavy atom. The largest absolute Gasteiger partial charge is 0.252 e. The van der Waals surface area contributed by atoms with E-state index in [9.17, 15) is 0 Å². The molecular formula is C20H15N2S2+. The van der Waals surface area contributed by atoms with Gasteiger partial charge in [0.1, 0.15) is 7.05 Å². The van der Waals surface area contributed by atoms with E-state index < -0.39 is 0 Å². The topological polar surface area (TPSA) is 16.8 Å². The SMILES string of the molecule is Cc1ccc2c(sc3sc4ccccc4c32)c1-c1cncc[n+]1C. The molecule has 0 amide bonds. The van der Waals surface area contributed by atoms with Crippen molar-refractivity contribution in [3.8, 4) is 11.3 Å². The second kappa shape index (κ2) is 5.10. The van der Waals surface area contributed by atoms with Gasteiger partial charge in [-0.2, -0.15) is 4.57 Å². The third-order valence-electron chi connectivity index (χ3n) is 4.60. The third-order valence-corrected chi connectivity index (χ3v) is 7.09. The standard InChI is InChI=1S/C20H15N2S2/c1-12-7-8-14-18-13-5-3-4-6-16(13)23-20(18)24-19(14)17(12)15-11-21-9-10-22(15)2/h3-11H,1-2H3/q+1. The number of thiophene rings is 2. The van der Waals surface area contributed by atoms with Gasteiger partial charge in [-0.15, -0.1) is 22.7 Å². The van der Waals surface area contributed by atoms with Crippen LogP contribution in [0.15, 0.2) is 55.0 Å². The number of benzene rings is 2. The van der Waals surface area contributed by atoms with Crippen LogP contribution in [0, 0.1) is 6.92 Å². The van der Waals surface area contributed by atoms with E-state index >= 15 is 0 Å². The van der Waals surface area contributed by atoms with Crippen LogP contribution in [0.4, 0.5) is 0 Å². The van der Waals surface area contributed by atoms with Crippen molar-refractivity contribution in [3.63, 3.8) is 0 Å². The number of aryl methyl sites for hydroxylation is 2. The predicted octanol–water partition coefficient (Wildman–Crippen LogP) is 5.46. The summed E-state index contributed by atoms with van der Waals surface area (Å²) in [4.78, 5) is 4.35. The molecule has 2 aromatic carbocycles. The maximum atomic E-state index is 4.35. The van der Waals surface area contributed by atoms with Gasteiger partial charge in [-0.1, -0.05) is 30.3 Å². The number of hydrogen-bond donors (Lipinski definition) is 0. The predicted molar refractivity (Wildman–Crippen MR) is 104 cm³/mol. The molecule has 2 nitrogen and oxygen atoms in total. The van der Waals surface area contributed by atoms with Crippen molar-refractivity contribution in [2.75, 3.05) is 0 Å². The minimum absolute atomic E-state index is 1.17. The molecule has 24 heavy (non-hydrogen) atoms. The Kier molecular flexibility index (Phi) is 2.99. The highest BCUT2D eigenvalue weighted by Gasteiger charge is 2.20. The molecule has 5 rings (SSSR count). The summed E-state index contributed by atoms with van der Waals surface area (Å²) in [5.74, 6) is 0. The van der Waals surface area contributed by atoms with E-state index in [-0.39, 0.29) is 0 Å². The summed E-state index contributed by atoms with van der Waals surface area (Å²) in [5, 5.41) is 4.13. The van der Waals surface area contributed by atoms with Gasteiger partial charge >= 0.3 is 0 Å². The minimum Gasteiger partial charge on any atom is -0.252 e. The van der Waals surface area contributed by atoms with Crippen LogP contribution in [0.3, 0.4) is 0 Å². The molecule has 0 atom stereocenters. The number of rotatable bonds is 1. The Morgan fingerprint density at radius 1 is 1.00 bits per heavy atom. The normalized spacial score (nSPS) is 11.8. The Hall–Kier alpha value is -2.30. The molecule has 3 aromatic heterocycles. The van der Waals surface area contributed by atoms with Crippen LogP contribution in [0.25, 0.3) is 40.8 Å². The lowest BCUT2D eigenvalue weighted by molar-refractivity contribution is -0.660. The van der Waals surface area contributed by atoms with Crippen molar-refractivity contribution >= 4 is 52.2 Å². The summed E-state index contributed by atoms with van der Waals surface area (Å²) in [7, 11) is 2.08. The van der Waals surface area contributed by atoms with E-state index in [1.807, 2.05) is 41.3 Å². The van der Waals surface area contributed by atoms with Crippen molar-refractivity contribution in [1.29, 1.82) is 0 Å². The molecule has 4 heteroatoms. The summed E-state index contributed by atoms with van der Waals surface area (Å²) in [6.45, 7) is 2.19. The molecule has 116 valence electrons. The molecule has 0 radical (unpaired) electrons. The molecule has 0 unspecified atom stereocenters. The Morgan fingerprint density at radius 3 is 2.75 bits per heavy atom. The quantitative estimate of drug-likeness (QED) is 0.368. The first-order chi connectivity index (χ1) is 11.7. The van der Waals surface area contributed by atoms with Gasteiger partial charge < -0.3 is 0 Å². The average molecular weight is 347 g/mol. The lowest BCUT2D eigenvalue weighted by Crippen LogP contribution is -2.30. The first kappa shape index (κ1) is 14.1. The fourth-order valence-electron chi connectivity index (χ4n) is 3.41. The molecule has 0 fully saturated rings. The van der Waals surface area contributed by atoms with E-state index in [4.69, 9.17) is 0 Å². The molecule has 0 aliphatic heterocycles. The second-order valence-electron chi connectivity index (χ2n) is 6.07. The van der Waals surface area contributed by atoms with Crippen LogP contribution in [0.5, 0.6) is 0 Å². The van der Waals surface area contributed by atoms with Crippen molar-refractivity contribution < 1.29 is 4.57 Å². The zero-order valence-corrected chi connectivity index (χ0v) is 15.0. The first-order valence-corrected chi connectivity index (χ1v) is 9.50. The molecule has 0 saturated carbocycles. The molecule has 0 aliphatic carbocycles. The third kappa shape index (κ3) is 1.87. The van der Waals surface area contributed by atoms with Gasteiger partial charge in [0.25, 0.3) is 0 Å².